The summed E-state index contributed by atoms with van der Waals surface area (Å²) in [5, 5.41) is 11.1. The lowest BCUT2D eigenvalue weighted by molar-refractivity contribution is 0.0995. The molecule has 4 aromatic rings. The number of carbonyl (C=O) groups excluding carboxylic acids is 2. The van der Waals surface area contributed by atoms with Crippen molar-refractivity contribution in [2.24, 2.45) is 5.73 Å². The number of amides is 3. The van der Waals surface area contributed by atoms with Gasteiger partial charge in [-0.15, -0.1) is 0 Å². The normalized spacial score (nSPS) is 10.7. The van der Waals surface area contributed by atoms with Crippen molar-refractivity contribution in [2.75, 3.05) is 10.6 Å². The second-order valence-corrected chi connectivity index (χ2v) is 8.17. The second-order valence-electron chi connectivity index (χ2n) is 7.32. The van der Waals surface area contributed by atoms with E-state index in [4.69, 9.17) is 28.9 Å². The summed E-state index contributed by atoms with van der Waals surface area (Å²) in [6.45, 7) is 2.61. The number of nitrogens with zero attached hydrogens (tertiary/aromatic N) is 3. The summed E-state index contributed by atoms with van der Waals surface area (Å²) in [6.07, 6.45) is 3.40. The highest BCUT2D eigenvalue weighted by atomic mass is 35.5. The summed E-state index contributed by atoms with van der Waals surface area (Å²) in [4.78, 5) is 28.1. The number of benzene rings is 2. The Morgan fingerprint density at radius 2 is 1.76 bits per heavy atom. The molecule has 0 aliphatic rings. The topological polar surface area (TPSA) is 115 Å². The molecule has 0 fully saturated rings. The zero-order chi connectivity index (χ0) is 24.2. The molecule has 0 saturated heterocycles. The van der Waals surface area contributed by atoms with Crippen LogP contribution in [0, 0.1) is 0 Å². The lowest BCUT2D eigenvalue weighted by atomic mass is 10.0. The molecule has 3 amide bonds. The van der Waals surface area contributed by atoms with E-state index in [1.54, 1.807) is 53.2 Å². The lowest BCUT2D eigenvalue weighted by Crippen LogP contribution is -2.19. The number of nitrogens with one attached hydrogen (secondary N) is 2. The number of pyridine rings is 1. The van der Waals surface area contributed by atoms with Gasteiger partial charge in [-0.2, -0.15) is 5.10 Å². The molecule has 0 bridgehead atoms. The first-order chi connectivity index (χ1) is 16.3. The number of primary amides is 1. The van der Waals surface area contributed by atoms with E-state index in [2.05, 4.69) is 20.7 Å². The van der Waals surface area contributed by atoms with Crippen LogP contribution in [0.1, 0.15) is 17.4 Å². The SMILES string of the molecule is CCn1cc(-c2ccc(Cl)c(NC(=O)Nc3ccc(Cl)cc3)c2)c(-c2ccnc(C(N)=O)c2)n1. The van der Waals surface area contributed by atoms with E-state index in [1.807, 2.05) is 19.2 Å². The smallest absolute Gasteiger partial charge is 0.323 e. The highest BCUT2D eigenvalue weighted by molar-refractivity contribution is 6.34. The van der Waals surface area contributed by atoms with Gasteiger partial charge < -0.3 is 16.4 Å². The number of rotatable bonds is 6. The van der Waals surface area contributed by atoms with Gasteiger partial charge in [-0.05, 0) is 61.0 Å². The average molecular weight is 495 g/mol. The van der Waals surface area contributed by atoms with Gasteiger partial charge in [-0.25, -0.2) is 4.79 Å². The van der Waals surface area contributed by atoms with Crippen LogP contribution < -0.4 is 16.4 Å². The molecule has 0 aliphatic carbocycles. The highest BCUT2D eigenvalue weighted by Gasteiger charge is 2.16. The number of anilines is 2. The monoisotopic (exact) mass is 494 g/mol. The molecule has 2 heterocycles. The predicted octanol–water partition coefficient (Wildman–Crippen LogP) is 5.68. The van der Waals surface area contributed by atoms with E-state index < -0.39 is 11.9 Å². The molecular weight excluding hydrogens is 475 g/mol. The molecule has 172 valence electrons. The summed E-state index contributed by atoms with van der Waals surface area (Å²) in [5.74, 6) is -0.622. The van der Waals surface area contributed by atoms with Crippen LogP contribution in [0.25, 0.3) is 22.4 Å². The number of aromatic nitrogens is 3. The van der Waals surface area contributed by atoms with Gasteiger partial charge in [0.15, 0.2) is 0 Å². The van der Waals surface area contributed by atoms with E-state index in [9.17, 15) is 9.59 Å². The maximum atomic E-state index is 12.5. The van der Waals surface area contributed by atoms with Gasteiger partial charge in [-0.1, -0.05) is 29.3 Å². The fraction of sp³-hybridized carbons (Fsp3) is 0.0833. The zero-order valence-corrected chi connectivity index (χ0v) is 19.6. The molecule has 0 atom stereocenters. The van der Waals surface area contributed by atoms with Crippen LogP contribution in [0.5, 0.6) is 0 Å². The molecule has 4 N–H and O–H groups in total. The summed E-state index contributed by atoms with van der Waals surface area (Å²) in [5.41, 5.74) is 9.45. The minimum Gasteiger partial charge on any atom is -0.364 e. The summed E-state index contributed by atoms with van der Waals surface area (Å²) in [7, 11) is 0. The molecule has 2 aromatic heterocycles. The van der Waals surface area contributed by atoms with Crippen molar-refractivity contribution in [2.45, 2.75) is 13.5 Å². The van der Waals surface area contributed by atoms with Crippen molar-refractivity contribution in [3.63, 3.8) is 0 Å². The number of hydrogen-bond donors (Lipinski definition) is 3. The van der Waals surface area contributed by atoms with Crippen LogP contribution in [0.2, 0.25) is 10.0 Å². The van der Waals surface area contributed by atoms with E-state index in [0.29, 0.717) is 39.2 Å². The van der Waals surface area contributed by atoms with Crippen LogP contribution in [-0.2, 0) is 6.54 Å². The fourth-order valence-electron chi connectivity index (χ4n) is 3.33. The van der Waals surface area contributed by atoms with Crippen molar-refractivity contribution in [3.8, 4) is 22.4 Å². The van der Waals surface area contributed by atoms with Gasteiger partial charge in [0, 0.05) is 40.8 Å². The Labute approximate surface area is 205 Å². The van der Waals surface area contributed by atoms with E-state index in [1.165, 1.54) is 6.20 Å². The van der Waals surface area contributed by atoms with Crippen molar-refractivity contribution in [3.05, 3.63) is 82.7 Å². The predicted molar refractivity (Wildman–Crippen MR) is 134 cm³/mol. The average Bonchev–Trinajstić information content (AvgIpc) is 3.27. The van der Waals surface area contributed by atoms with Crippen molar-refractivity contribution in [1.82, 2.24) is 14.8 Å². The summed E-state index contributed by atoms with van der Waals surface area (Å²) < 4.78 is 1.78. The Balaban J connectivity index is 1.66. The first-order valence-corrected chi connectivity index (χ1v) is 11.1. The van der Waals surface area contributed by atoms with Gasteiger partial charge in [0.1, 0.15) is 11.4 Å². The minimum absolute atomic E-state index is 0.145. The molecule has 34 heavy (non-hydrogen) atoms. The summed E-state index contributed by atoms with van der Waals surface area (Å²) in [6, 6.07) is 15.0. The highest BCUT2D eigenvalue weighted by Crippen LogP contribution is 2.35. The van der Waals surface area contributed by atoms with Crippen molar-refractivity contribution in [1.29, 1.82) is 0 Å². The molecule has 2 aromatic carbocycles. The third-order valence-corrected chi connectivity index (χ3v) is 5.58. The molecule has 4 rings (SSSR count). The van der Waals surface area contributed by atoms with Gasteiger partial charge in [0.25, 0.3) is 5.91 Å². The Kier molecular flexibility index (Phi) is 6.81. The minimum atomic E-state index is -0.622. The largest absolute Gasteiger partial charge is 0.364 e. The molecule has 10 heteroatoms. The third kappa shape index (κ3) is 5.19. The molecule has 0 radical (unpaired) electrons. The quantitative estimate of drug-likeness (QED) is 0.319. The standard InChI is InChI=1S/C24H20Cl2N6O2/c1-2-32-13-18(22(31-32)15-9-10-28-21(12-15)23(27)33)14-3-8-19(26)20(11-14)30-24(34)29-17-6-4-16(25)5-7-17/h3-13H,2H2,1H3,(H2,27,33)(H2,29,30,34). The lowest BCUT2D eigenvalue weighted by Gasteiger charge is -2.11. The van der Waals surface area contributed by atoms with Crippen LogP contribution in [0.15, 0.2) is 67.0 Å². The summed E-state index contributed by atoms with van der Waals surface area (Å²) >= 11 is 12.2. The third-order valence-electron chi connectivity index (χ3n) is 5.00. The van der Waals surface area contributed by atoms with Crippen LogP contribution in [-0.4, -0.2) is 26.7 Å². The van der Waals surface area contributed by atoms with Crippen molar-refractivity contribution < 1.29 is 9.59 Å². The molecule has 0 unspecified atom stereocenters. The molecule has 8 nitrogen and oxygen atoms in total. The maximum absolute atomic E-state index is 12.5. The molecule has 0 aliphatic heterocycles. The number of hydrogen-bond acceptors (Lipinski definition) is 4. The van der Waals surface area contributed by atoms with E-state index in [0.717, 1.165) is 11.1 Å². The fourth-order valence-corrected chi connectivity index (χ4v) is 3.62. The number of carbonyl (C=O) groups is 2. The zero-order valence-electron chi connectivity index (χ0n) is 18.0. The van der Waals surface area contributed by atoms with Gasteiger partial charge in [0.05, 0.1) is 10.7 Å². The van der Waals surface area contributed by atoms with Gasteiger partial charge in [0.2, 0.25) is 0 Å². The first kappa shape index (κ1) is 23.3. The second kappa shape index (κ2) is 9.94. The molecule has 0 spiro atoms. The van der Waals surface area contributed by atoms with E-state index >= 15 is 0 Å². The molecule has 0 saturated carbocycles. The Morgan fingerprint density at radius 1 is 1.00 bits per heavy atom. The van der Waals surface area contributed by atoms with E-state index in [-0.39, 0.29) is 5.69 Å². The van der Waals surface area contributed by atoms with Crippen molar-refractivity contribution >= 4 is 46.5 Å². The van der Waals surface area contributed by atoms with Gasteiger partial charge in [-0.3, -0.25) is 14.5 Å². The first-order valence-electron chi connectivity index (χ1n) is 10.3. The number of nitrogens with two attached hydrogens (primary N) is 1. The van der Waals surface area contributed by atoms with Crippen LogP contribution in [0.3, 0.4) is 0 Å². The van der Waals surface area contributed by atoms with Gasteiger partial charge >= 0.3 is 6.03 Å². The Morgan fingerprint density at radius 3 is 2.47 bits per heavy atom. The van der Waals surface area contributed by atoms with Crippen LogP contribution in [0.4, 0.5) is 16.2 Å². The number of aryl methyl sites for hydroxylation is 1. The van der Waals surface area contributed by atoms with Crippen LogP contribution >= 0.6 is 23.2 Å². The molecular formula is C24H20Cl2N6O2. The number of halogens is 2. The maximum Gasteiger partial charge on any atom is 0.323 e. The Hall–Kier alpha value is -3.88. The number of urea groups is 1. The Bertz CT molecular complexity index is 1370.